The Morgan fingerprint density at radius 2 is 1.82 bits per heavy atom. The van der Waals surface area contributed by atoms with Crippen LogP contribution in [0.1, 0.15) is 40.3 Å². The highest BCUT2D eigenvalue weighted by atomic mass is 16.1. The molecule has 1 N–H and O–H groups in total. The number of nitrogens with zero attached hydrogens (tertiary/aromatic N) is 4. The van der Waals surface area contributed by atoms with Gasteiger partial charge in [0.1, 0.15) is 5.82 Å². The summed E-state index contributed by atoms with van der Waals surface area (Å²) >= 11 is 0. The van der Waals surface area contributed by atoms with Gasteiger partial charge in [0.15, 0.2) is 0 Å². The minimum atomic E-state index is -0.168. The average Bonchev–Trinajstić information content (AvgIpc) is 3.49. The zero-order chi connectivity index (χ0) is 23.7. The molecule has 0 spiro atoms. The Morgan fingerprint density at radius 3 is 2.56 bits per heavy atom. The van der Waals surface area contributed by atoms with Crippen molar-refractivity contribution in [3.8, 4) is 11.3 Å². The molecule has 0 saturated heterocycles. The van der Waals surface area contributed by atoms with Gasteiger partial charge < -0.3 is 9.88 Å². The molecule has 2 aromatic heterocycles. The number of carbonyl (C=O) groups excluding carboxylic acids is 1. The van der Waals surface area contributed by atoms with Crippen LogP contribution in [0.4, 0.5) is 5.69 Å². The number of aromatic nitrogens is 4. The van der Waals surface area contributed by atoms with Gasteiger partial charge in [-0.05, 0) is 51.0 Å². The number of anilines is 1. The molecule has 1 aliphatic heterocycles. The molecular formula is C28H29N5O. The molecule has 0 saturated carbocycles. The van der Waals surface area contributed by atoms with Gasteiger partial charge in [-0.2, -0.15) is 5.10 Å². The summed E-state index contributed by atoms with van der Waals surface area (Å²) in [5, 5.41) is 7.61. The van der Waals surface area contributed by atoms with E-state index < -0.39 is 0 Å². The minimum absolute atomic E-state index is 0.168. The number of fused-ring (bicyclic) bond motifs is 1. The zero-order valence-electron chi connectivity index (χ0n) is 19.9. The van der Waals surface area contributed by atoms with Gasteiger partial charge in [0.2, 0.25) is 5.91 Å². The lowest BCUT2D eigenvalue weighted by Gasteiger charge is -2.05. The summed E-state index contributed by atoms with van der Waals surface area (Å²) in [6, 6.07) is 16.3. The van der Waals surface area contributed by atoms with E-state index in [1.165, 1.54) is 17.5 Å². The van der Waals surface area contributed by atoms with Gasteiger partial charge in [-0.25, -0.2) is 4.98 Å². The van der Waals surface area contributed by atoms with Crippen molar-refractivity contribution >= 4 is 17.7 Å². The number of aryl methyl sites for hydroxylation is 4. The van der Waals surface area contributed by atoms with Crippen LogP contribution in [0.5, 0.6) is 0 Å². The molecule has 1 aliphatic rings. The molecule has 1 amide bonds. The lowest BCUT2D eigenvalue weighted by atomic mass is 10.1. The second-order valence-corrected chi connectivity index (χ2v) is 8.97. The van der Waals surface area contributed by atoms with E-state index in [1.54, 1.807) is 6.08 Å². The first-order valence-electron chi connectivity index (χ1n) is 11.7. The van der Waals surface area contributed by atoms with E-state index in [-0.39, 0.29) is 5.91 Å². The lowest BCUT2D eigenvalue weighted by Crippen LogP contribution is -2.07. The third kappa shape index (κ3) is 4.57. The highest BCUT2D eigenvalue weighted by Crippen LogP contribution is 2.24. The Bertz CT molecular complexity index is 1340. The Hall–Kier alpha value is -3.93. The van der Waals surface area contributed by atoms with Gasteiger partial charge in [-0.1, -0.05) is 42.0 Å². The summed E-state index contributed by atoms with van der Waals surface area (Å²) in [7, 11) is 0. The van der Waals surface area contributed by atoms with Crippen molar-refractivity contribution in [2.75, 3.05) is 5.32 Å². The maximum atomic E-state index is 12.5. The van der Waals surface area contributed by atoms with Crippen molar-refractivity contribution < 1.29 is 4.79 Å². The van der Waals surface area contributed by atoms with E-state index in [9.17, 15) is 4.79 Å². The van der Waals surface area contributed by atoms with Crippen LogP contribution in [0.25, 0.3) is 17.3 Å². The second-order valence-electron chi connectivity index (χ2n) is 8.97. The molecule has 0 unspecified atom stereocenters. The van der Waals surface area contributed by atoms with E-state index in [0.29, 0.717) is 6.54 Å². The third-order valence-electron chi connectivity index (χ3n) is 6.40. The van der Waals surface area contributed by atoms with Gasteiger partial charge >= 0.3 is 0 Å². The normalized spacial score (nSPS) is 12.9. The number of benzene rings is 2. The lowest BCUT2D eigenvalue weighted by molar-refractivity contribution is -0.111. The molecule has 5 rings (SSSR count). The summed E-state index contributed by atoms with van der Waals surface area (Å²) in [6.45, 7) is 7.85. The highest BCUT2D eigenvalue weighted by molar-refractivity contribution is 6.02. The summed E-state index contributed by atoms with van der Waals surface area (Å²) in [5.74, 6) is 0.990. The van der Waals surface area contributed by atoms with Gasteiger partial charge in [0.25, 0.3) is 0 Å². The fraction of sp³-hybridized carbons (Fsp3) is 0.250. The smallest absolute Gasteiger partial charge is 0.248 e. The average molecular weight is 452 g/mol. The Kier molecular flexibility index (Phi) is 5.88. The van der Waals surface area contributed by atoms with E-state index in [2.05, 4.69) is 52.4 Å². The van der Waals surface area contributed by atoms with Crippen LogP contribution in [-0.4, -0.2) is 25.2 Å². The number of hydrogen-bond donors (Lipinski definition) is 1. The molecule has 172 valence electrons. The first-order valence-corrected chi connectivity index (χ1v) is 11.7. The molecule has 3 heterocycles. The van der Waals surface area contributed by atoms with Crippen LogP contribution < -0.4 is 5.32 Å². The zero-order valence-corrected chi connectivity index (χ0v) is 19.9. The van der Waals surface area contributed by atoms with E-state index in [1.807, 2.05) is 48.9 Å². The first kappa shape index (κ1) is 21.9. The Morgan fingerprint density at radius 1 is 1.06 bits per heavy atom. The van der Waals surface area contributed by atoms with E-state index in [0.717, 1.165) is 52.7 Å². The third-order valence-corrected chi connectivity index (χ3v) is 6.40. The van der Waals surface area contributed by atoms with E-state index in [4.69, 9.17) is 4.98 Å². The van der Waals surface area contributed by atoms with Crippen molar-refractivity contribution in [3.05, 3.63) is 94.7 Å². The fourth-order valence-electron chi connectivity index (χ4n) is 4.43. The number of nitrogens with one attached hydrogen (secondary N) is 1. The molecule has 4 aromatic rings. The number of hydrogen-bond acceptors (Lipinski definition) is 3. The van der Waals surface area contributed by atoms with Crippen molar-refractivity contribution in [2.24, 2.45) is 0 Å². The molecule has 6 heteroatoms. The Balaban J connectivity index is 1.23. The predicted octanol–water partition coefficient (Wildman–Crippen LogP) is 5.32. The number of imidazole rings is 1. The van der Waals surface area contributed by atoms with Gasteiger partial charge in [0.05, 0.1) is 17.9 Å². The maximum absolute atomic E-state index is 12.5. The Labute approximate surface area is 200 Å². The van der Waals surface area contributed by atoms with Gasteiger partial charge in [-0.15, -0.1) is 0 Å². The van der Waals surface area contributed by atoms with Crippen LogP contribution in [0.3, 0.4) is 0 Å². The number of carbonyl (C=O) groups is 1. The maximum Gasteiger partial charge on any atom is 0.248 e. The van der Waals surface area contributed by atoms with Crippen LogP contribution in [0.15, 0.2) is 60.8 Å². The van der Waals surface area contributed by atoms with Crippen molar-refractivity contribution in [2.45, 2.75) is 46.7 Å². The molecule has 0 atom stereocenters. The monoisotopic (exact) mass is 451 g/mol. The predicted molar refractivity (Wildman–Crippen MR) is 136 cm³/mol. The minimum Gasteiger partial charge on any atom is -0.334 e. The molecule has 34 heavy (non-hydrogen) atoms. The highest BCUT2D eigenvalue weighted by Gasteiger charge is 2.14. The number of rotatable bonds is 6. The van der Waals surface area contributed by atoms with Gasteiger partial charge in [0, 0.05) is 47.7 Å². The van der Waals surface area contributed by atoms with Crippen molar-refractivity contribution in [1.29, 1.82) is 0 Å². The van der Waals surface area contributed by atoms with Crippen LogP contribution in [-0.2, 0) is 24.3 Å². The van der Waals surface area contributed by atoms with Crippen LogP contribution in [0.2, 0.25) is 0 Å². The summed E-state index contributed by atoms with van der Waals surface area (Å²) in [6.07, 6.45) is 7.75. The molecule has 6 nitrogen and oxygen atoms in total. The summed E-state index contributed by atoms with van der Waals surface area (Å²) in [4.78, 5) is 17.3. The van der Waals surface area contributed by atoms with Crippen molar-refractivity contribution in [1.82, 2.24) is 19.3 Å². The topological polar surface area (TPSA) is 64.7 Å². The summed E-state index contributed by atoms with van der Waals surface area (Å²) < 4.78 is 4.21. The largest absolute Gasteiger partial charge is 0.334 e. The molecule has 0 aliphatic carbocycles. The van der Waals surface area contributed by atoms with E-state index >= 15 is 0 Å². The summed E-state index contributed by atoms with van der Waals surface area (Å²) in [5.41, 5.74) is 8.17. The molecular weight excluding hydrogens is 422 g/mol. The quantitative estimate of drug-likeness (QED) is 0.404. The standard InChI is InChI=1S/C28H29N5O/c1-19-6-8-22(9-7-19)17-33-21(3)25(20(2)31-33)14-15-28(34)29-24-12-10-23(11-13-24)26-18-32-16-4-5-27(32)30-26/h6-15,18H,4-5,16-17H2,1-3H3,(H,29,34)/b15-14+. The first-order chi connectivity index (χ1) is 16.5. The van der Waals surface area contributed by atoms with Crippen molar-refractivity contribution in [3.63, 3.8) is 0 Å². The van der Waals surface area contributed by atoms with Crippen LogP contribution >= 0.6 is 0 Å². The van der Waals surface area contributed by atoms with Gasteiger partial charge in [-0.3, -0.25) is 9.48 Å². The molecule has 2 aromatic carbocycles. The SMILES string of the molecule is Cc1ccc(Cn2nc(C)c(/C=C/C(=O)Nc3ccc(-c4cn5c(n4)CCC5)cc3)c2C)cc1. The molecule has 0 bridgehead atoms. The molecule has 0 radical (unpaired) electrons. The van der Waals surface area contributed by atoms with Crippen LogP contribution in [0, 0.1) is 20.8 Å². The molecule has 0 fully saturated rings. The number of amides is 1. The second kappa shape index (κ2) is 9.14. The fourth-order valence-corrected chi connectivity index (χ4v) is 4.43.